The molecule has 0 fully saturated rings. The number of benzene rings is 1. The summed E-state index contributed by atoms with van der Waals surface area (Å²) in [5.41, 5.74) is 4.44. The van der Waals surface area contributed by atoms with E-state index in [-0.39, 0.29) is 17.8 Å². The SMILES string of the molecule is CN(CC(N)=O)C(=O)Nc1cc(C(=O)O)ccc1F. The highest BCUT2D eigenvalue weighted by atomic mass is 19.1. The maximum absolute atomic E-state index is 13.4. The number of likely N-dealkylation sites (N-methyl/N-ethyl adjacent to an activating group) is 1. The van der Waals surface area contributed by atoms with Crippen LogP contribution in [0.15, 0.2) is 18.2 Å². The number of carboxylic acid groups (broad SMARTS) is 1. The molecule has 0 unspecified atom stereocenters. The summed E-state index contributed by atoms with van der Waals surface area (Å²) in [5, 5.41) is 10.9. The van der Waals surface area contributed by atoms with E-state index >= 15 is 0 Å². The van der Waals surface area contributed by atoms with E-state index in [0.29, 0.717) is 0 Å². The number of carbonyl (C=O) groups excluding carboxylic acids is 2. The lowest BCUT2D eigenvalue weighted by Crippen LogP contribution is -2.38. The number of anilines is 1. The molecule has 0 saturated carbocycles. The quantitative estimate of drug-likeness (QED) is 0.737. The number of hydrogen-bond donors (Lipinski definition) is 3. The van der Waals surface area contributed by atoms with Crippen LogP contribution in [0, 0.1) is 5.82 Å². The van der Waals surface area contributed by atoms with Crippen molar-refractivity contribution in [3.63, 3.8) is 0 Å². The van der Waals surface area contributed by atoms with Crippen LogP contribution in [0.4, 0.5) is 14.9 Å². The van der Waals surface area contributed by atoms with Gasteiger partial charge in [0.15, 0.2) is 0 Å². The minimum Gasteiger partial charge on any atom is -0.478 e. The van der Waals surface area contributed by atoms with Crippen LogP contribution >= 0.6 is 0 Å². The average molecular weight is 269 g/mol. The Balaban J connectivity index is 2.86. The fraction of sp³-hybridized carbons (Fsp3) is 0.182. The zero-order valence-electron chi connectivity index (χ0n) is 10.0. The van der Waals surface area contributed by atoms with Gasteiger partial charge in [0.2, 0.25) is 5.91 Å². The molecule has 0 radical (unpaired) electrons. The normalized spacial score (nSPS) is 9.79. The lowest BCUT2D eigenvalue weighted by atomic mass is 10.2. The molecule has 1 aromatic rings. The van der Waals surface area contributed by atoms with Crippen LogP contribution in [-0.4, -0.2) is 41.5 Å². The van der Waals surface area contributed by atoms with Crippen LogP contribution < -0.4 is 11.1 Å². The number of nitrogens with one attached hydrogen (secondary N) is 1. The topological polar surface area (TPSA) is 113 Å². The molecule has 8 heteroatoms. The first kappa shape index (κ1) is 14.4. The molecule has 1 rings (SSSR count). The van der Waals surface area contributed by atoms with Gasteiger partial charge in [0.05, 0.1) is 11.3 Å². The van der Waals surface area contributed by atoms with E-state index in [4.69, 9.17) is 10.8 Å². The van der Waals surface area contributed by atoms with Crippen molar-refractivity contribution in [2.24, 2.45) is 5.73 Å². The Labute approximate surface area is 107 Å². The van der Waals surface area contributed by atoms with Crippen molar-refractivity contribution >= 4 is 23.6 Å². The summed E-state index contributed by atoms with van der Waals surface area (Å²) in [6.07, 6.45) is 0. The third-order valence-corrected chi connectivity index (χ3v) is 2.19. The number of aromatic carboxylic acids is 1. The number of amides is 3. The Morgan fingerprint density at radius 3 is 2.58 bits per heavy atom. The lowest BCUT2D eigenvalue weighted by molar-refractivity contribution is -0.118. The number of carbonyl (C=O) groups is 3. The fourth-order valence-corrected chi connectivity index (χ4v) is 1.27. The van der Waals surface area contributed by atoms with E-state index in [1.54, 1.807) is 0 Å². The van der Waals surface area contributed by atoms with Gasteiger partial charge in [-0.15, -0.1) is 0 Å². The minimum absolute atomic E-state index is 0.172. The molecule has 0 spiro atoms. The van der Waals surface area contributed by atoms with Crippen LogP contribution in [-0.2, 0) is 4.79 Å². The molecular formula is C11H12FN3O4. The number of hydrogen-bond acceptors (Lipinski definition) is 3. The maximum atomic E-state index is 13.4. The number of carboxylic acids is 1. The minimum atomic E-state index is -1.25. The zero-order valence-corrected chi connectivity index (χ0v) is 10.0. The standard InChI is InChI=1S/C11H12FN3O4/c1-15(5-9(13)16)11(19)14-8-4-6(10(17)18)2-3-7(8)12/h2-4H,5H2,1H3,(H2,13,16)(H,14,19)(H,17,18). The number of urea groups is 1. The Hall–Kier alpha value is -2.64. The average Bonchev–Trinajstić information content (AvgIpc) is 2.30. The molecule has 3 amide bonds. The van der Waals surface area contributed by atoms with Gasteiger partial charge < -0.3 is 21.1 Å². The van der Waals surface area contributed by atoms with Gasteiger partial charge in [0.1, 0.15) is 12.4 Å². The monoisotopic (exact) mass is 269 g/mol. The molecule has 0 heterocycles. The Kier molecular flexibility index (Phi) is 4.41. The van der Waals surface area contributed by atoms with E-state index in [2.05, 4.69) is 5.32 Å². The number of nitrogens with zero attached hydrogens (tertiary/aromatic N) is 1. The summed E-state index contributed by atoms with van der Waals surface area (Å²) >= 11 is 0. The van der Waals surface area contributed by atoms with Gasteiger partial charge in [0, 0.05) is 7.05 Å². The van der Waals surface area contributed by atoms with Gasteiger partial charge in [-0.2, -0.15) is 0 Å². The summed E-state index contributed by atoms with van der Waals surface area (Å²) in [4.78, 5) is 33.9. The predicted octanol–water partition coefficient (Wildman–Crippen LogP) is 0.473. The molecule has 0 atom stereocenters. The molecule has 0 saturated heterocycles. The predicted molar refractivity (Wildman–Crippen MR) is 64.2 cm³/mol. The van der Waals surface area contributed by atoms with Crippen LogP contribution in [0.25, 0.3) is 0 Å². The number of nitrogens with two attached hydrogens (primary N) is 1. The van der Waals surface area contributed by atoms with Gasteiger partial charge in [-0.05, 0) is 18.2 Å². The summed E-state index contributed by atoms with van der Waals surface area (Å²) in [5.74, 6) is -2.76. The second kappa shape index (κ2) is 5.80. The Bertz CT molecular complexity index is 533. The molecule has 19 heavy (non-hydrogen) atoms. The van der Waals surface area contributed by atoms with E-state index in [1.807, 2.05) is 0 Å². The fourth-order valence-electron chi connectivity index (χ4n) is 1.27. The first-order valence-corrected chi connectivity index (χ1v) is 5.14. The maximum Gasteiger partial charge on any atom is 0.335 e. The van der Waals surface area contributed by atoms with Gasteiger partial charge >= 0.3 is 12.0 Å². The second-order valence-electron chi connectivity index (χ2n) is 3.75. The highest BCUT2D eigenvalue weighted by Crippen LogP contribution is 2.16. The molecule has 7 nitrogen and oxygen atoms in total. The van der Waals surface area contributed by atoms with E-state index in [1.165, 1.54) is 7.05 Å². The van der Waals surface area contributed by atoms with E-state index in [9.17, 15) is 18.8 Å². The van der Waals surface area contributed by atoms with Crippen LogP contribution in [0.2, 0.25) is 0 Å². The molecule has 0 aromatic heterocycles. The first-order chi connectivity index (χ1) is 8.81. The summed E-state index contributed by atoms with van der Waals surface area (Å²) in [7, 11) is 1.29. The molecule has 0 bridgehead atoms. The lowest BCUT2D eigenvalue weighted by Gasteiger charge is -2.16. The summed E-state index contributed by atoms with van der Waals surface area (Å²) in [6, 6.07) is 2.20. The first-order valence-electron chi connectivity index (χ1n) is 5.14. The molecule has 0 aliphatic carbocycles. The van der Waals surface area contributed by atoms with Crippen molar-refractivity contribution in [3.05, 3.63) is 29.6 Å². The number of rotatable bonds is 4. The molecule has 1 aromatic carbocycles. The smallest absolute Gasteiger partial charge is 0.335 e. The van der Waals surface area contributed by atoms with Gasteiger partial charge in [-0.1, -0.05) is 0 Å². The van der Waals surface area contributed by atoms with E-state index < -0.39 is 23.7 Å². The highest BCUT2D eigenvalue weighted by Gasteiger charge is 2.14. The molecule has 4 N–H and O–H groups in total. The molecule has 102 valence electrons. The molecule has 0 aliphatic heterocycles. The Morgan fingerprint density at radius 2 is 2.05 bits per heavy atom. The summed E-state index contributed by atoms with van der Waals surface area (Å²) < 4.78 is 13.4. The van der Waals surface area contributed by atoms with Crippen molar-refractivity contribution in [2.75, 3.05) is 18.9 Å². The zero-order chi connectivity index (χ0) is 14.6. The molecule has 0 aliphatic rings. The number of primary amides is 1. The van der Waals surface area contributed by atoms with E-state index in [0.717, 1.165) is 23.1 Å². The van der Waals surface area contributed by atoms with Crippen molar-refractivity contribution in [1.29, 1.82) is 0 Å². The van der Waals surface area contributed by atoms with Crippen molar-refractivity contribution < 1.29 is 23.9 Å². The van der Waals surface area contributed by atoms with Crippen molar-refractivity contribution in [3.8, 4) is 0 Å². The van der Waals surface area contributed by atoms with Crippen LogP contribution in [0.5, 0.6) is 0 Å². The van der Waals surface area contributed by atoms with Crippen molar-refractivity contribution in [1.82, 2.24) is 4.90 Å². The summed E-state index contributed by atoms with van der Waals surface area (Å²) in [6.45, 7) is -0.341. The third-order valence-electron chi connectivity index (χ3n) is 2.19. The van der Waals surface area contributed by atoms with Crippen molar-refractivity contribution in [2.45, 2.75) is 0 Å². The second-order valence-corrected chi connectivity index (χ2v) is 3.75. The van der Waals surface area contributed by atoms with Gasteiger partial charge in [-0.25, -0.2) is 14.0 Å². The molecular weight excluding hydrogens is 257 g/mol. The van der Waals surface area contributed by atoms with Crippen LogP contribution in [0.3, 0.4) is 0 Å². The van der Waals surface area contributed by atoms with Crippen LogP contribution in [0.1, 0.15) is 10.4 Å². The Morgan fingerprint density at radius 1 is 1.42 bits per heavy atom. The number of halogens is 1. The third kappa shape index (κ3) is 3.95. The highest BCUT2D eigenvalue weighted by molar-refractivity contribution is 5.94. The van der Waals surface area contributed by atoms with Gasteiger partial charge in [-0.3, -0.25) is 4.79 Å². The largest absolute Gasteiger partial charge is 0.478 e. The van der Waals surface area contributed by atoms with Gasteiger partial charge in [0.25, 0.3) is 0 Å².